The van der Waals surface area contributed by atoms with Crippen LogP contribution in [-0.4, -0.2) is 18.8 Å². The highest BCUT2D eigenvalue weighted by Gasteiger charge is 2.23. The molecule has 1 N–H and O–H groups in total. The summed E-state index contributed by atoms with van der Waals surface area (Å²) in [6.45, 7) is 0.916. The highest BCUT2D eigenvalue weighted by atomic mass is 16.5. The summed E-state index contributed by atoms with van der Waals surface area (Å²) in [4.78, 5) is 0. The van der Waals surface area contributed by atoms with Crippen LogP contribution in [0.2, 0.25) is 0 Å². The molecule has 1 aliphatic rings. The Labute approximate surface area is 93.2 Å². The van der Waals surface area contributed by atoms with Gasteiger partial charge in [0.25, 0.3) is 0 Å². The number of fused-ring (bicyclic) bond motifs is 1. The zero-order valence-corrected chi connectivity index (χ0v) is 8.99. The summed E-state index contributed by atoms with van der Waals surface area (Å²) in [5, 5.41) is 7.26. The largest absolute Gasteiger partial charge is 0.496 e. The van der Waals surface area contributed by atoms with Crippen molar-refractivity contribution in [2.24, 2.45) is 0 Å². The fourth-order valence-corrected chi connectivity index (χ4v) is 2.03. The Morgan fingerprint density at radius 3 is 3.12 bits per heavy atom. The molecule has 1 aromatic carbocycles. The van der Waals surface area contributed by atoms with Gasteiger partial charge in [0.2, 0.25) is 5.88 Å². The third kappa shape index (κ3) is 1.26. The Hall–Kier alpha value is -1.97. The summed E-state index contributed by atoms with van der Waals surface area (Å²) < 4.78 is 10.6. The molecule has 0 radical (unpaired) electrons. The molecule has 4 nitrogen and oxygen atoms in total. The van der Waals surface area contributed by atoms with Crippen molar-refractivity contribution >= 4 is 5.88 Å². The normalized spacial score (nSPS) is 13.3. The second-order valence-corrected chi connectivity index (χ2v) is 3.72. The van der Waals surface area contributed by atoms with Gasteiger partial charge in [0.15, 0.2) is 0 Å². The summed E-state index contributed by atoms with van der Waals surface area (Å²) in [5.74, 6) is 1.62. The minimum atomic E-state index is 0.793. The molecule has 0 fully saturated rings. The molecule has 16 heavy (non-hydrogen) atoms. The molecule has 0 atom stereocenters. The topological polar surface area (TPSA) is 47.3 Å². The number of anilines is 1. The smallest absolute Gasteiger partial charge is 0.228 e. The van der Waals surface area contributed by atoms with Crippen LogP contribution in [-0.2, 0) is 6.42 Å². The Morgan fingerprint density at radius 2 is 2.25 bits per heavy atom. The third-order valence-electron chi connectivity index (χ3n) is 2.81. The van der Waals surface area contributed by atoms with Gasteiger partial charge in [-0.05, 0) is 18.6 Å². The molecular weight excluding hydrogens is 204 g/mol. The van der Waals surface area contributed by atoms with E-state index in [1.54, 1.807) is 7.11 Å². The number of ether oxygens (including phenoxy) is 1. The van der Waals surface area contributed by atoms with Crippen LogP contribution in [0.4, 0.5) is 5.88 Å². The molecule has 1 aromatic heterocycles. The van der Waals surface area contributed by atoms with Gasteiger partial charge >= 0.3 is 0 Å². The number of para-hydroxylation sites is 1. The Balaban J connectivity index is 2.15. The first-order chi connectivity index (χ1) is 7.90. The first-order valence-corrected chi connectivity index (χ1v) is 5.26. The minimum absolute atomic E-state index is 0.793. The molecule has 0 saturated carbocycles. The molecular formula is C12H12N2O2. The molecule has 2 heterocycles. The van der Waals surface area contributed by atoms with Crippen molar-refractivity contribution in [1.82, 2.24) is 5.16 Å². The second kappa shape index (κ2) is 3.56. The molecule has 0 unspecified atom stereocenters. The highest BCUT2D eigenvalue weighted by Crippen LogP contribution is 2.36. The second-order valence-electron chi connectivity index (χ2n) is 3.72. The van der Waals surface area contributed by atoms with E-state index in [1.165, 1.54) is 0 Å². The van der Waals surface area contributed by atoms with Gasteiger partial charge in [0.1, 0.15) is 11.4 Å². The molecule has 3 rings (SSSR count). The third-order valence-corrected chi connectivity index (χ3v) is 2.81. The SMILES string of the molecule is COc1ccccc1-c1noc2c1CCN2. The molecule has 1 aliphatic heterocycles. The molecule has 0 amide bonds. The monoisotopic (exact) mass is 216 g/mol. The van der Waals surface area contributed by atoms with Crippen LogP contribution in [0.1, 0.15) is 5.56 Å². The first-order valence-electron chi connectivity index (χ1n) is 5.26. The lowest BCUT2D eigenvalue weighted by Crippen LogP contribution is -1.93. The lowest BCUT2D eigenvalue weighted by atomic mass is 10.1. The van der Waals surface area contributed by atoms with Gasteiger partial charge < -0.3 is 14.6 Å². The number of nitrogens with one attached hydrogen (secondary N) is 1. The maximum absolute atomic E-state index is 5.33. The van der Waals surface area contributed by atoms with E-state index in [-0.39, 0.29) is 0 Å². The van der Waals surface area contributed by atoms with Crippen LogP contribution in [0.3, 0.4) is 0 Å². The number of aromatic nitrogens is 1. The van der Waals surface area contributed by atoms with Crippen molar-refractivity contribution < 1.29 is 9.26 Å². The molecule has 2 aromatic rings. The van der Waals surface area contributed by atoms with Gasteiger partial charge in [-0.15, -0.1) is 0 Å². The van der Waals surface area contributed by atoms with E-state index < -0.39 is 0 Å². The molecule has 4 heteroatoms. The maximum atomic E-state index is 5.33. The average Bonchev–Trinajstić information content (AvgIpc) is 2.91. The summed E-state index contributed by atoms with van der Waals surface area (Å²) in [6.07, 6.45) is 0.951. The van der Waals surface area contributed by atoms with Gasteiger partial charge in [-0.25, -0.2) is 0 Å². The summed E-state index contributed by atoms with van der Waals surface area (Å²) in [5.41, 5.74) is 3.01. The van der Waals surface area contributed by atoms with Crippen molar-refractivity contribution in [3.63, 3.8) is 0 Å². The fraction of sp³-hybridized carbons (Fsp3) is 0.250. The van der Waals surface area contributed by atoms with Crippen molar-refractivity contribution in [3.05, 3.63) is 29.8 Å². The zero-order chi connectivity index (χ0) is 11.0. The summed E-state index contributed by atoms with van der Waals surface area (Å²) in [6, 6.07) is 7.84. The van der Waals surface area contributed by atoms with Crippen LogP contribution in [0.15, 0.2) is 28.8 Å². The van der Waals surface area contributed by atoms with Crippen LogP contribution in [0.5, 0.6) is 5.75 Å². The van der Waals surface area contributed by atoms with E-state index in [4.69, 9.17) is 9.26 Å². The quantitative estimate of drug-likeness (QED) is 0.836. The minimum Gasteiger partial charge on any atom is -0.496 e. The maximum Gasteiger partial charge on any atom is 0.228 e. The molecule has 82 valence electrons. The lowest BCUT2D eigenvalue weighted by Gasteiger charge is -2.05. The summed E-state index contributed by atoms with van der Waals surface area (Å²) in [7, 11) is 1.66. The first kappa shape index (κ1) is 9.27. The molecule has 0 aliphatic carbocycles. The van der Waals surface area contributed by atoms with Crippen molar-refractivity contribution in [1.29, 1.82) is 0 Å². The molecule has 0 spiro atoms. The number of benzene rings is 1. The van der Waals surface area contributed by atoms with E-state index in [1.807, 2.05) is 24.3 Å². The number of hydrogen-bond acceptors (Lipinski definition) is 4. The van der Waals surface area contributed by atoms with E-state index in [0.717, 1.165) is 41.4 Å². The summed E-state index contributed by atoms with van der Waals surface area (Å²) >= 11 is 0. The lowest BCUT2D eigenvalue weighted by molar-refractivity contribution is 0.413. The molecule has 0 saturated heterocycles. The Morgan fingerprint density at radius 1 is 1.38 bits per heavy atom. The average molecular weight is 216 g/mol. The standard InChI is InChI=1S/C12H12N2O2/c1-15-10-5-3-2-4-8(10)11-9-6-7-13-12(9)16-14-11/h2-5,13H,6-7H2,1H3. The predicted octanol–water partition coefficient (Wildman–Crippen LogP) is 2.32. The predicted molar refractivity (Wildman–Crippen MR) is 60.7 cm³/mol. The Bertz CT molecular complexity index is 519. The van der Waals surface area contributed by atoms with Gasteiger partial charge in [-0.2, -0.15) is 0 Å². The van der Waals surface area contributed by atoms with Crippen molar-refractivity contribution in [2.75, 3.05) is 19.0 Å². The van der Waals surface area contributed by atoms with E-state index in [2.05, 4.69) is 10.5 Å². The zero-order valence-electron chi connectivity index (χ0n) is 8.99. The van der Waals surface area contributed by atoms with Crippen molar-refractivity contribution in [2.45, 2.75) is 6.42 Å². The van der Waals surface area contributed by atoms with Gasteiger partial charge in [-0.1, -0.05) is 17.3 Å². The van der Waals surface area contributed by atoms with Crippen LogP contribution < -0.4 is 10.1 Å². The van der Waals surface area contributed by atoms with E-state index in [0.29, 0.717) is 0 Å². The number of rotatable bonds is 2. The van der Waals surface area contributed by atoms with E-state index in [9.17, 15) is 0 Å². The highest BCUT2D eigenvalue weighted by molar-refractivity contribution is 5.74. The van der Waals surface area contributed by atoms with Gasteiger partial charge in [0, 0.05) is 17.7 Å². The van der Waals surface area contributed by atoms with Crippen molar-refractivity contribution in [3.8, 4) is 17.0 Å². The van der Waals surface area contributed by atoms with Gasteiger partial charge in [0.05, 0.1) is 7.11 Å². The van der Waals surface area contributed by atoms with Crippen LogP contribution >= 0.6 is 0 Å². The van der Waals surface area contributed by atoms with Gasteiger partial charge in [-0.3, -0.25) is 0 Å². The van der Waals surface area contributed by atoms with Crippen LogP contribution in [0.25, 0.3) is 11.3 Å². The number of methoxy groups -OCH3 is 1. The number of nitrogens with zero attached hydrogens (tertiary/aromatic N) is 1. The van der Waals surface area contributed by atoms with E-state index >= 15 is 0 Å². The van der Waals surface area contributed by atoms with Crippen LogP contribution in [0, 0.1) is 0 Å². The molecule has 0 bridgehead atoms. The Kier molecular flexibility index (Phi) is 2.06. The fourth-order valence-electron chi connectivity index (χ4n) is 2.03. The number of hydrogen-bond donors (Lipinski definition) is 1.